The Labute approximate surface area is 124 Å². The van der Waals surface area contributed by atoms with Crippen LogP contribution in [-0.4, -0.2) is 41.7 Å². The van der Waals surface area contributed by atoms with E-state index in [1.807, 2.05) is 4.90 Å². The van der Waals surface area contributed by atoms with Gasteiger partial charge >= 0.3 is 5.97 Å². The molecule has 5 heteroatoms. The third-order valence-electron chi connectivity index (χ3n) is 3.81. The molecule has 112 valence electrons. The van der Waals surface area contributed by atoms with Crippen LogP contribution >= 0.6 is 0 Å². The van der Waals surface area contributed by atoms with Gasteiger partial charge in [-0.2, -0.15) is 5.26 Å². The summed E-state index contributed by atoms with van der Waals surface area (Å²) in [6.07, 6.45) is 4.50. The summed E-state index contributed by atoms with van der Waals surface area (Å²) in [5, 5.41) is 17.7. The van der Waals surface area contributed by atoms with Crippen LogP contribution in [-0.2, 0) is 4.79 Å². The van der Waals surface area contributed by atoms with Gasteiger partial charge in [0.1, 0.15) is 12.4 Å². The highest BCUT2D eigenvalue weighted by molar-refractivity contribution is 5.69. The number of carbonyl (C=O) groups is 1. The molecule has 1 saturated carbocycles. The van der Waals surface area contributed by atoms with E-state index in [-0.39, 0.29) is 6.54 Å². The molecule has 1 fully saturated rings. The third kappa shape index (κ3) is 4.76. The van der Waals surface area contributed by atoms with E-state index in [0.717, 1.165) is 12.8 Å². The molecular weight excluding hydrogens is 268 g/mol. The lowest BCUT2D eigenvalue weighted by Gasteiger charge is -2.26. The van der Waals surface area contributed by atoms with Crippen LogP contribution in [0.1, 0.15) is 31.2 Å². The normalized spacial score (nSPS) is 15.0. The number of carboxylic acids is 1. The van der Waals surface area contributed by atoms with E-state index in [1.54, 1.807) is 24.3 Å². The van der Waals surface area contributed by atoms with Gasteiger partial charge in [-0.15, -0.1) is 0 Å². The predicted molar refractivity (Wildman–Crippen MR) is 78.1 cm³/mol. The van der Waals surface area contributed by atoms with Crippen molar-refractivity contribution in [2.45, 2.75) is 31.7 Å². The molecule has 0 saturated heterocycles. The van der Waals surface area contributed by atoms with Crippen molar-refractivity contribution in [1.29, 1.82) is 5.26 Å². The minimum atomic E-state index is -0.791. The van der Waals surface area contributed by atoms with Gasteiger partial charge < -0.3 is 9.84 Å². The molecule has 0 spiro atoms. The molecule has 0 aliphatic heterocycles. The monoisotopic (exact) mass is 288 g/mol. The van der Waals surface area contributed by atoms with Gasteiger partial charge in [0.2, 0.25) is 0 Å². The number of nitrogens with zero attached hydrogens (tertiary/aromatic N) is 2. The summed E-state index contributed by atoms with van der Waals surface area (Å²) >= 11 is 0. The average molecular weight is 288 g/mol. The molecule has 0 atom stereocenters. The van der Waals surface area contributed by atoms with Gasteiger partial charge in [-0.1, -0.05) is 12.8 Å². The Morgan fingerprint density at radius 3 is 2.57 bits per heavy atom. The molecule has 1 N–H and O–H groups in total. The molecule has 1 aliphatic carbocycles. The zero-order chi connectivity index (χ0) is 15.1. The summed E-state index contributed by atoms with van der Waals surface area (Å²) in [6.45, 7) is 1.13. The van der Waals surface area contributed by atoms with Crippen molar-refractivity contribution in [3.63, 3.8) is 0 Å². The quantitative estimate of drug-likeness (QED) is 0.833. The lowest BCUT2D eigenvalue weighted by Crippen LogP contribution is -2.40. The van der Waals surface area contributed by atoms with Gasteiger partial charge in [0.25, 0.3) is 0 Å². The van der Waals surface area contributed by atoms with Crippen molar-refractivity contribution in [3.8, 4) is 11.8 Å². The maximum Gasteiger partial charge on any atom is 0.317 e. The molecule has 0 heterocycles. The fraction of sp³-hybridized carbons (Fsp3) is 0.500. The SMILES string of the molecule is N#Cc1ccc(OCCN(CC(=O)O)C2CCCC2)cc1. The largest absolute Gasteiger partial charge is 0.492 e. The van der Waals surface area contributed by atoms with E-state index in [2.05, 4.69) is 6.07 Å². The lowest BCUT2D eigenvalue weighted by molar-refractivity contribution is -0.139. The molecule has 0 radical (unpaired) electrons. The zero-order valence-corrected chi connectivity index (χ0v) is 12.0. The minimum Gasteiger partial charge on any atom is -0.492 e. The van der Waals surface area contributed by atoms with Crippen LogP contribution in [0.5, 0.6) is 5.75 Å². The Morgan fingerprint density at radius 2 is 2.00 bits per heavy atom. The van der Waals surface area contributed by atoms with Crippen LogP contribution in [0.2, 0.25) is 0 Å². The molecule has 5 nitrogen and oxygen atoms in total. The maximum absolute atomic E-state index is 11.0. The first-order chi connectivity index (χ1) is 10.2. The van der Waals surface area contributed by atoms with Crippen molar-refractivity contribution < 1.29 is 14.6 Å². The van der Waals surface area contributed by atoms with Crippen LogP contribution in [0.4, 0.5) is 0 Å². The smallest absolute Gasteiger partial charge is 0.317 e. The van der Waals surface area contributed by atoms with Crippen molar-refractivity contribution >= 4 is 5.97 Å². The number of nitriles is 1. The molecule has 1 aromatic carbocycles. The van der Waals surface area contributed by atoms with E-state index in [9.17, 15) is 4.79 Å². The van der Waals surface area contributed by atoms with Gasteiger partial charge in [-0.05, 0) is 37.1 Å². The maximum atomic E-state index is 11.0. The first-order valence-electron chi connectivity index (χ1n) is 7.28. The standard InChI is InChI=1S/C16H20N2O3/c17-11-13-5-7-15(8-6-13)21-10-9-18(12-16(19)20)14-3-1-2-4-14/h5-8,14H,1-4,9-10,12H2,(H,19,20). The Kier molecular flexibility index (Phi) is 5.59. The van der Waals surface area contributed by atoms with Crippen LogP contribution in [0.3, 0.4) is 0 Å². The zero-order valence-electron chi connectivity index (χ0n) is 12.0. The van der Waals surface area contributed by atoms with E-state index < -0.39 is 5.97 Å². The number of hydrogen-bond acceptors (Lipinski definition) is 4. The van der Waals surface area contributed by atoms with E-state index >= 15 is 0 Å². The fourth-order valence-electron chi connectivity index (χ4n) is 2.74. The molecule has 1 aliphatic rings. The van der Waals surface area contributed by atoms with Gasteiger partial charge in [-0.3, -0.25) is 9.69 Å². The van der Waals surface area contributed by atoms with E-state index in [0.29, 0.717) is 30.5 Å². The van der Waals surface area contributed by atoms with E-state index in [1.165, 1.54) is 12.8 Å². The fourth-order valence-corrected chi connectivity index (χ4v) is 2.74. The van der Waals surface area contributed by atoms with Crippen LogP contribution < -0.4 is 4.74 Å². The van der Waals surface area contributed by atoms with Gasteiger partial charge in [-0.25, -0.2) is 0 Å². The molecule has 0 aromatic heterocycles. The Hall–Kier alpha value is -2.06. The van der Waals surface area contributed by atoms with Crippen molar-refractivity contribution in [2.24, 2.45) is 0 Å². The molecular formula is C16H20N2O3. The Bertz CT molecular complexity index is 501. The second-order valence-electron chi connectivity index (χ2n) is 5.29. The summed E-state index contributed by atoms with van der Waals surface area (Å²) in [6, 6.07) is 9.36. The summed E-state index contributed by atoms with van der Waals surface area (Å²) in [4.78, 5) is 13.0. The van der Waals surface area contributed by atoms with Crippen molar-refractivity contribution in [3.05, 3.63) is 29.8 Å². The number of aliphatic carboxylic acids is 1. The van der Waals surface area contributed by atoms with Crippen LogP contribution in [0.15, 0.2) is 24.3 Å². The number of ether oxygens (including phenoxy) is 1. The van der Waals surface area contributed by atoms with Gasteiger partial charge in [0.05, 0.1) is 18.2 Å². The first kappa shape index (κ1) is 15.3. The summed E-state index contributed by atoms with van der Waals surface area (Å²) in [5.41, 5.74) is 0.598. The van der Waals surface area contributed by atoms with Crippen LogP contribution in [0.25, 0.3) is 0 Å². The predicted octanol–water partition coefficient (Wildman–Crippen LogP) is 2.27. The van der Waals surface area contributed by atoms with Gasteiger partial charge in [0.15, 0.2) is 0 Å². The van der Waals surface area contributed by atoms with Crippen molar-refractivity contribution in [1.82, 2.24) is 4.90 Å². The molecule has 0 amide bonds. The van der Waals surface area contributed by atoms with E-state index in [4.69, 9.17) is 15.1 Å². The second kappa shape index (κ2) is 7.65. The van der Waals surface area contributed by atoms with Gasteiger partial charge in [0, 0.05) is 12.6 Å². The number of benzene rings is 1. The van der Waals surface area contributed by atoms with Crippen molar-refractivity contribution in [2.75, 3.05) is 19.7 Å². The second-order valence-corrected chi connectivity index (χ2v) is 5.29. The highest BCUT2D eigenvalue weighted by Crippen LogP contribution is 2.23. The number of hydrogen-bond donors (Lipinski definition) is 1. The summed E-state index contributed by atoms with van der Waals surface area (Å²) in [7, 11) is 0. The average Bonchev–Trinajstić information content (AvgIpc) is 3.00. The highest BCUT2D eigenvalue weighted by atomic mass is 16.5. The lowest BCUT2D eigenvalue weighted by atomic mass is 10.2. The minimum absolute atomic E-state index is 0.0708. The topological polar surface area (TPSA) is 73.6 Å². The molecule has 1 aromatic rings. The Balaban J connectivity index is 1.83. The molecule has 21 heavy (non-hydrogen) atoms. The molecule has 0 bridgehead atoms. The number of carboxylic acid groups (broad SMARTS) is 1. The number of rotatable bonds is 7. The third-order valence-corrected chi connectivity index (χ3v) is 3.81. The summed E-state index contributed by atoms with van der Waals surface area (Å²) in [5.74, 6) is -0.0871. The molecule has 2 rings (SSSR count). The Morgan fingerprint density at radius 1 is 1.33 bits per heavy atom. The molecule has 0 unspecified atom stereocenters. The van der Waals surface area contributed by atoms with Crippen LogP contribution in [0, 0.1) is 11.3 Å². The first-order valence-corrected chi connectivity index (χ1v) is 7.28. The highest BCUT2D eigenvalue weighted by Gasteiger charge is 2.23. The summed E-state index contributed by atoms with van der Waals surface area (Å²) < 4.78 is 5.63.